The highest BCUT2D eigenvalue weighted by Crippen LogP contribution is 2.27. The predicted molar refractivity (Wildman–Crippen MR) is 99.3 cm³/mol. The third-order valence-electron chi connectivity index (χ3n) is 3.56. The topological polar surface area (TPSA) is 73.3 Å². The molecule has 0 aliphatic heterocycles. The van der Waals surface area contributed by atoms with Gasteiger partial charge in [0.05, 0.1) is 12.1 Å². The summed E-state index contributed by atoms with van der Waals surface area (Å²) in [6, 6.07) is 12.8. The number of hydrogen-bond donors (Lipinski definition) is 1. The summed E-state index contributed by atoms with van der Waals surface area (Å²) in [5.41, 5.74) is 2.34. The molecule has 6 heteroatoms. The van der Waals surface area contributed by atoms with Crippen LogP contribution in [0.2, 0.25) is 0 Å². The van der Waals surface area contributed by atoms with E-state index in [1.54, 1.807) is 25.1 Å². The van der Waals surface area contributed by atoms with Gasteiger partial charge in [0.25, 0.3) is 0 Å². The lowest BCUT2D eigenvalue weighted by atomic mass is 10.2. The zero-order valence-corrected chi connectivity index (χ0v) is 14.2. The highest BCUT2D eigenvalue weighted by molar-refractivity contribution is 5.91. The number of nitrogens with one attached hydrogen (secondary N) is 1. The summed E-state index contributed by atoms with van der Waals surface area (Å²) in [6.45, 7) is 1.91. The molecule has 1 N–H and O–H groups in total. The van der Waals surface area contributed by atoms with Gasteiger partial charge in [-0.05, 0) is 43.3 Å². The molecular weight excluding hydrogens is 330 g/mol. The van der Waals surface area contributed by atoms with Gasteiger partial charge in [0.15, 0.2) is 6.61 Å². The minimum absolute atomic E-state index is 0.153. The van der Waals surface area contributed by atoms with Crippen molar-refractivity contribution in [2.75, 3.05) is 18.5 Å². The summed E-state index contributed by atoms with van der Waals surface area (Å²) >= 11 is 0. The number of ether oxygens (including phenoxy) is 2. The van der Waals surface area contributed by atoms with Crippen molar-refractivity contribution in [3.63, 3.8) is 0 Å². The molecule has 0 saturated carbocycles. The zero-order chi connectivity index (χ0) is 18.4. The van der Waals surface area contributed by atoms with Crippen LogP contribution in [-0.2, 0) is 9.53 Å². The fraction of sp³-hybridized carbons (Fsp3) is 0.150. The van der Waals surface area contributed by atoms with Gasteiger partial charge in [-0.25, -0.2) is 14.8 Å². The first kappa shape index (κ1) is 17.2. The molecule has 0 fully saturated rings. The Kier molecular flexibility index (Phi) is 5.30. The lowest BCUT2D eigenvalue weighted by molar-refractivity contribution is -0.145. The summed E-state index contributed by atoms with van der Waals surface area (Å²) in [7, 11) is 0. The first-order valence-electron chi connectivity index (χ1n) is 8.06. The van der Waals surface area contributed by atoms with Crippen LogP contribution in [-0.4, -0.2) is 29.2 Å². The van der Waals surface area contributed by atoms with Crippen molar-refractivity contribution in [2.45, 2.75) is 6.92 Å². The van der Waals surface area contributed by atoms with Crippen LogP contribution in [0.5, 0.6) is 5.75 Å². The SMILES string of the molecule is C#Cc1cccc(Nc2ncnc3ccc(OCC(=O)OCC)cc23)c1. The van der Waals surface area contributed by atoms with Crippen molar-refractivity contribution >= 4 is 28.4 Å². The zero-order valence-electron chi connectivity index (χ0n) is 14.2. The molecule has 0 aliphatic carbocycles. The van der Waals surface area contributed by atoms with Gasteiger partial charge in [0.1, 0.15) is 17.9 Å². The van der Waals surface area contributed by atoms with E-state index < -0.39 is 5.97 Å². The molecule has 0 spiro atoms. The Labute approximate surface area is 151 Å². The predicted octanol–water partition coefficient (Wildman–Crippen LogP) is 3.30. The molecule has 1 heterocycles. The second-order valence-corrected chi connectivity index (χ2v) is 5.35. The van der Waals surface area contributed by atoms with Crippen molar-refractivity contribution in [1.29, 1.82) is 0 Å². The molecule has 0 unspecified atom stereocenters. The average molecular weight is 347 g/mol. The molecule has 0 radical (unpaired) electrons. The Morgan fingerprint density at radius 3 is 2.92 bits per heavy atom. The lowest BCUT2D eigenvalue weighted by Gasteiger charge is -2.10. The maximum absolute atomic E-state index is 11.4. The van der Waals surface area contributed by atoms with Gasteiger partial charge < -0.3 is 14.8 Å². The quantitative estimate of drug-likeness (QED) is 0.545. The standard InChI is InChI=1S/C20H17N3O3/c1-3-14-6-5-7-15(10-14)23-20-17-11-16(26-12-19(24)25-4-2)8-9-18(17)21-13-22-20/h1,5-11,13H,4,12H2,2H3,(H,21,22,23). The molecule has 0 bridgehead atoms. The largest absolute Gasteiger partial charge is 0.482 e. The van der Waals surface area contributed by atoms with E-state index in [1.807, 2.05) is 24.3 Å². The summed E-state index contributed by atoms with van der Waals surface area (Å²) in [4.78, 5) is 20.0. The number of carbonyl (C=O) groups excluding carboxylic acids is 1. The highest BCUT2D eigenvalue weighted by atomic mass is 16.6. The van der Waals surface area contributed by atoms with Gasteiger partial charge in [-0.1, -0.05) is 12.0 Å². The number of hydrogen-bond acceptors (Lipinski definition) is 6. The van der Waals surface area contributed by atoms with Gasteiger partial charge in [-0.3, -0.25) is 0 Å². The van der Waals surface area contributed by atoms with E-state index in [9.17, 15) is 4.79 Å². The van der Waals surface area contributed by atoms with E-state index in [2.05, 4.69) is 21.2 Å². The normalized spacial score (nSPS) is 10.2. The Bertz CT molecular complexity index is 979. The molecule has 26 heavy (non-hydrogen) atoms. The third kappa shape index (κ3) is 4.08. The van der Waals surface area contributed by atoms with E-state index in [4.69, 9.17) is 15.9 Å². The van der Waals surface area contributed by atoms with E-state index >= 15 is 0 Å². The Balaban J connectivity index is 1.86. The van der Waals surface area contributed by atoms with Crippen LogP contribution in [0.25, 0.3) is 10.9 Å². The fourth-order valence-electron chi connectivity index (χ4n) is 2.39. The van der Waals surface area contributed by atoms with Crippen LogP contribution in [0, 0.1) is 12.3 Å². The number of anilines is 2. The van der Waals surface area contributed by atoms with Crippen molar-refractivity contribution < 1.29 is 14.3 Å². The minimum Gasteiger partial charge on any atom is -0.482 e. The summed E-state index contributed by atoms with van der Waals surface area (Å²) in [6.07, 6.45) is 6.93. The third-order valence-corrected chi connectivity index (χ3v) is 3.56. The molecule has 2 aromatic carbocycles. The van der Waals surface area contributed by atoms with E-state index in [0.717, 1.165) is 22.2 Å². The lowest BCUT2D eigenvalue weighted by Crippen LogP contribution is -2.14. The molecular formula is C20H17N3O3. The van der Waals surface area contributed by atoms with Crippen molar-refractivity contribution in [1.82, 2.24) is 9.97 Å². The molecule has 1 aromatic heterocycles. The second-order valence-electron chi connectivity index (χ2n) is 5.35. The molecule has 6 nitrogen and oxygen atoms in total. The van der Waals surface area contributed by atoms with Gasteiger partial charge in [-0.2, -0.15) is 0 Å². The first-order valence-corrected chi connectivity index (χ1v) is 8.06. The van der Waals surface area contributed by atoms with Gasteiger partial charge >= 0.3 is 5.97 Å². The van der Waals surface area contributed by atoms with Gasteiger partial charge in [0.2, 0.25) is 0 Å². The van der Waals surface area contributed by atoms with Crippen LogP contribution in [0.3, 0.4) is 0 Å². The van der Waals surface area contributed by atoms with Crippen LogP contribution in [0.4, 0.5) is 11.5 Å². The number of carbonyl (C=O) groups is 1. The van der Waals surface area contributed by atoms with Crippen molar-refractivity contribution in [3.05, 3.63) is 54.4 Å². The number of terminal acetylenes is 1. The van der Waals surface area contributed by atoms with E-state index in [1.165, 1.54) is 6.33 Å². The van der Waals surface area contributed by atoms with Crippen LogP contribution < -0.4 is 10.1 Å². The van der Waals surface area contributed by atoms with E-state index in [-0.39, 0.29) is 6.61 Å². The smallest absolute Gasteiger partial charge is 0.344 e. The molecule has 130 valence electrons. The molecule has 0 amide bonds. The number of rotatable bonds is 6. The number of benzene rings is 2. The molecule has 0 atom stereocenters. The van der Waals surface area contributed by atoms with Gasteiger partial charge in [0, 0.05) is 16.6 Å². The fourth-order valence-corrected chi connectivity index (χ4v) is 2.39. The maximum atomic E-state index is 11.4. The van der Waals surface area contributed by atoms with Gasteiger partial charge in [-0.15, -0.1) is 6.42 Å². The number of aromatic nitrogens is 2. The summed E-state index contributed by atoms with van der Waals surface area (Å²) in [5, 5.41) is 4.00. The van der Waals surface area contributed by atoms with Crippen LogP contribution >= 0.6 is 0 Å². The maximum Gasteiger partial charge on any atom is 0.344 e. The summed E-state index contributed by atoms with van der Waals surface area (Å²) in [5.74, 6) is 3.33. The molecule has 3 aromatic rings. The molecule has 0 saturated heterocycles. The molecule has 3 rings (SSSR count). The minimum atomic E-state index is -0.415. The Morgan fingerprint density at radius 2 is 2.12 bits per heavy atom. The second kappa shape index (κ2) is 7.99. The molecule has 0 aliphatic rings. The average Bonchev–Trinajstić information content (AvgIpc) is 2.67. The van der Waals surface area contributed by atoms with Crippen LogP contribution in [0.1, 0.15) is 12.5 Å². The van der Waals surface area contributed by atoms with Crippen molar-refractivity contribution in [3.8, 4) is 18.1 Å². The number of esters is 1. The monoisotopic (exact) mass is 347 g/mol. The number of fused-ring (bicyclic) bond motifs is 1. The Hall–Kier alpha value is -3.59. The first-order chi connectivity index (χ1) is 12.7. The Morgan fingerprint density at radius 1 is 1.23 bits per heavy atom. The highest BCUT2D eigenvalue weighted by Gasteiger charge is 2.08. The van der Waals surface area contributed by atoms with E-state index in [0.29, 0.717) is 18.2 Å². The van der Waals surface area contributed by atoms with Crippen molar-refractivity contribution in [2.24, 2.45) is 0 Å². The summed E-state index contributed by atoms with van der Waals surface area (Å²) < 4.78 is 10.3. The van der Waals surface area contributed by atoms with Crippen LogP contribution in [0.15, 0.2) is 48.8 Å². The number of nitrogens with zero attached hydrogens (tertiary/aromatic N) is 2.